The molecule has 0 radical (unpaired) electrons. The van der Waals surface area contributed by atoms with Crippen molar-refractivity contribution in [3.05, 3.63) is 29.1 Å². The number of hydrogen-bond donors (Lipinski definition) is 2. The summed E-state index contributed by atoms with van der Waals surface area (Å²) in [6, 6.07) is -1.65. The molecule has 20 heavy (non-hydrogen) atoms. The van der Waals surface area contributed by atoms with Gasteiger partial charge in [-0.05, 0) is 0 Å². The molecule has 0 saturated carbocycles. The third-order valence-corrected chi connectivity index (χ3v) is 2.36. The fourth-order valence-corrected chi connectivity index (χ4v) is 1.33. The summed E-state index contributed by atoms with van der Waals surface area (Å²) < 4.78 is 94.8. The minimum absolute atomic E-state index is 1.21. The summed E-state index contributed by atoms with van der Waals surface area (Å²) in [5.74, 6) is -13.1. The number of hydrogen-bond acceptors (Lipinski definition) is 4. The Hall–Kier alpha value is -1.95. The highest BCUT2D eigenvalue weighted by molar-refractivity contribution is 7.85. The summed E-state index contributed by atoms with van der Waals surface area (Å²) in [5, 5.41) is 2.57. The smallest absolute Gasteiger partial charge is 0.320 e. The topological polar surface area (TPSA) is 98.3 Å². The van der Waals surface area contributed by atoms with Crippen molar-refractivity contribution in [2.75, 3.05) is 11.2 Å². The van der Waals surface area contributed by atoms with Crippen LogP contribution in [0.25, 0.3) is 0 Å². The number of benzene rings is 1. The molecular formula is C8H4F5N2O4S-. The lowest BCUT2D eigenvalue weighted by molar-refractivity contribution is 0.252. The Morgan fingerprint density at radius 3 is 1.75 bits per heavy atom. The molecule has 1 aromatic rings. The van der Waals surface area contributed by atoms with Gasteiger partial charge in [-0.1, -0.05) is 0 Å². The van der Waals surface area contributed by atoms with Gasteiger partial charge in [-0.2, -0.15) is 0 Å². The van der Waals surface area contributed by atoms with Crippen molar-refractivity contribution in [1.29, 1.82) is 0 Å². The van der Waals surface area contributed by atoms with Crippen LogP contribution in [0.2, 0.25) is 0 Å². The molecule has 2 N–H and O–H groups in total. The molecule has 12 heteroatoms. The van der Waals surface area contributed by atoms with Crippen LogP contribution >= 0.6 is 0 Å². The normalized spacial score (nSPS) is 11.3. The fourth-order valence-electron chi connectivity index (χ4n) is 1.03. The van der Waals surface area contributed by atoms with Gasteiger partial charge in [-0.25, -0.2) is 35.2 Å². The van der Waals surface area contributed by atoms with Crippen LogP contribution in [0.15, 0.2) is 0 Å². The van der Waals surface area contributed by atoms with Gasteiger partial charge >= 0.3 is 6.03 Å². The highest BCUT2D eigenvalue weighted by Gasteiger charge is 2.26. The summed E-state index contributed by atoms with van der Waals surface area (Å²) in [6.45, 7) is 0. The quantitative estimate of drug-likeness (QED) is 0.376. The second-order valence-corrected chi connectivity index (χ2v) is 4.68. The van der Waals surface area contributed by atoms with E-state index in [9.17, 15) is 39.7 Å². The minimum Gasteiger partial charge on any atom is -0.747 e. The van der Waals surface area contributed by atoms with Gasteiger partial charge in [0.05, 0.1) is 0 Å². The van der Waals surface area contributed by atoms with Crippen molar-refractivity contribution >= 4 is 21.8 Å². The van der Waals surface area contributed by atoms with Crippen LogP contribution < -0.4 is 10.6 Å². The van der Waals surface area contributed by atoms with Crippen LogP contribution in [-0.4, -0.2) is 24.9 Å². The predicted octanol–water partition coefficient (Wildman–Crippen LogP) is 1.01. The Kier molecular flexibility index (Phi) is 4.50. The molecule has 0 aliphatic rings. The van der Waals surface area contributed by atoms with Gasteiger partial charge in [-0.3, -0.25) is 0 Å². The van der Waals surface area contributed by atoms with E-state index in [4.69, 9.17) is 0 Å². The predicted molar refractivity (Wildman–Crippen MR) is 53.0 cm³/mol. The van der Waals surface area contributed by atoms with Gasteiger partial charge in [0.25, 0.3) is 0 Å². The Morgan fingerprint density at radius 2 is 1.35 bits per heavy atom. The van der Waals surface area contributed by atoms with E-state index in [0.717, 1.165) is 0 Å². The molecule has 0 aliphatic carbocycles. The number of nitrogens with one attached hydrogen (secondary N) is 2. The van der Waals surface area contributed by atoms with E-state index in [0.29, 0.717) is 0 Å². The molecule has 1 aromatic carbocycles. The van der Waals surface area contributed by atoms with Crippen LogP contribution in [0.1, 0.15) is 0 Å². The molecule has 112 valence electrons. The molecule has 0 bridgehead atoms. The molecule has 6 nitrogen and oxygen atoms in total. The first-order chi connectivity index (χ1) is 9.04. The Bertz CT molecular complexity index is 634. The average Bonchev–Trinajstić information content (AvgIpc) is 2.36. The number of carbonyl (C=O) groups excluding carboxylic acids is 1. The van der Waals surface area contributed by atoms with Gasteiger partial charge in [0, 0.05) is 0 Å². The molecule has 0 spiro atoms. The van der Waals surface area contributed by atoms with E-state index in [1.165, 1.54) is 10.6 Å². The number of carbonyl (C=O) groups is 1. The van der Waals surface area contributed by atoms with E-state index in [2.05, 4.69) is 0 Å². The third-order valence-electron chi connectivity index (χ3n) is 1.86. The lowest BCUT2D eigenvalue weighted by Crippen LogP contribution is -2.34. The molecule has 1 rings (SSSR count). The first-order valence-corrected chi connectivity index (χ1v) is 6.12. The molecule has 0 heterocycles. The largest absolute Gasteiger partial charge is 0.747 e. The molecule has 2 amide bonds. The lowest BCUT2D eigenvalue weighted by Gasteiger charge is -2.12. The maximum Gasteiger partial charge on any atom is 0.320 e. The van der Waals surface area contributed by atoms with Crippen molar-refractivity contribution < 1.29 is 39.7 Å². The van der Waals surface area contributed by atoms with Crippen LogP contribution in [0.5, 0.6) is 0 Å². The van der Waals surface area contributed by atoms with E-state index < -0.39 is 56.8 Å². The van der Waals surface area contributed by atoms with Crippen molar-refractivity contribution in [2.24, 2.45) is 0 Å². The molecule has 0 fully saturated rings. The first-order valence-electron chi connectivity index (χ1n) is 4.54. The van der Waals surface area contributed by atoms with Gasteiger partial charge in [0.1, 0.15) is 21.7 Å². The van der Waals surface area contributed by atoms with Crippen LogP contribution in [-0.2, 0) is 10.1 Å². The second kappa shape index (κ2) is 5.58. The fraction of sp³-hybridized carbons (Fsp3) is 0.125. The summed E-state index contributed by atoms with van der Waals surface area (Å²) >= 11 is 0. The maximum absolute atomic E-state index is 13.1. The van der Waals surface area contributed by atoms with E-state index in [-0.39, 0.29) is 0 Å². The molecule has 0 unspecified atom stereocenters. The van der Waals surface area contributed by atoms with Crippen LogP contribution in [0, 0.1) is 29.1 Å². The van der Waals surface area contributed by atoms with Crippen molar-refractivity contribution in [3.8, 4) is 0 Å². The highest BCUT2D eigenvalue weighted by Crippen LogP contribution is 2.26. The van der Waals surface area contributed by atoms with E-state index in [1.54, 1.807) is 0 Å². The SMILES string of the molecule is O=C(NCS(=O)(=O)[O-])Nc1c(F)c(F)c(F)c(F)c1F. The summed E-state index contributed by atoms with van der Waals surface area (Å²) in [5.41, 5.74) is -1.68. The number of anilines is 1. The zero-order valence-corrected chi connectivity index (χ0v) is 9.95. The third kappa shape index (κ3) is 3.54. The Balaban J connectivity index is 3.02. The summed E-state index contributed by atoms with van der Waals surface area (Å²) in [4.78, 5) is 11.0. The standard InChI is InChI=1S/C8H5F5N2O4S/c9-2-3(10)5(12)7(6(13)4(2)11)15-8(16)14-1-20(17,18)19/h1H2,(H2,14,15,16)(H,17,18,19)/p-1. The van der Waals surface area contributed by atoms with Gasteiger partial charge in [0.15, 0.2) is 23.3 Å². The minimum atomic E-state index is -4.87. The number of halogens is 5. The second-order valence-electron chi connectivity index (χ2n) is 3.28. The van der Waals surface area contributed by atoms with Crippen molar-refractivity contribution in [2.45, 2.75) is 0 Å². The molecule has 0 saturated heterocycles. The number of amides is 2. The van der Waals surface area contributed by atoms with Gasteiger partial charge in [0.2, 0.25) is 5.82 Å². The first kappa shape index (κ1) is 16.1. The van der Waals surface area contributed by atoms with Gasteiger partial charge in [-0.15, -0.1) is 0 Å². The molecule has 0 atom stereocenters. The summed E-state index contributed by atoms with van der Waals surface area (Å²) in [7, 11) is -4.87. The Labute approximate surface area is 108 Å². The molecule has 0 aromatic heterocycles. The Morgan fingerprint density at radius 1 is 0.950 bits per heavy atom. The number of urea groups is 1. The highest BCUT2D eigenvalue weighted by atomic mass is 32.2. The molecule has 0 aliphatic heterocycles. The zero-order valence-electron chi connectivity index (χ0n) is 9.14. The van der Waals surface area contributed by atoms with E-state index in [1.807, 2.05) is 0 Å². The average molecular weight is 319 g/mol. The lowest BCUT2D eigenvalue weighted by atomic mass is 10.2. The van der Waals surface area contributed by atoms with E-state index >= 15 is 0 Å². The van der Waals surface area contributed by atoms with Gasteiger partial charge < -0.3 is 15.2 Å². The molecular weight excluding hydrogens is 315 g/mol. The van der Waals surface area contributed by atoms with Crippen molar-refractivity contribution in [1.82, 2.24) is 5.32 Å². The van der Waals surface area contributed by atoms with Crippen LogP contribution in [0.3, 0.4) is 0 Å². The van der Waals surface area contributed by atoms with Crippen molar-refractivity contribution in [3.63, 3.8) is 0 Å². The summed E-state index contributed by atoms with van der Waals surface area (Å²) in [6.07, 6.45) is 0. The van der Waals surface area contributed by atoms with Crippen LogP contribution in [0.4, 0.5) is 32.4 Å². The zero-order chi connectivity index (χ0) is 15.7. The monoisotopic (exact) mass is 319 g/mol. The maximum atomic E-state index is 13.1. The number of rotatable bonds is 3.